The lowest BCUT2D eigenvalue weighted by Gasteiger charge is -2.07. The second-order valence-corrected chi connectivity index (χ2v) is 2.94. The number of nitrogens with one attached hydrogen (secondary N) is 1. The Morgan fingerprint density at radius 1 is 1.46 bits per heavy atom. The lowest BCUT2D eigenvalue weighted by Crippen LogP contribution is -2.08. The fraction of sp³-hybridized carbons (Fsp3) is 0.182. The standard InChI is InChI=1S/C11H13NO/c1-4-11(13)12-10-7-5-6-8(2)9(10)3/h4-7H,1H2,2-3H3,(H,12,13). The summed E-state index contributed by atoms with van der Waals surface area (Å²) in [6.07, 6.45) is 1.27. The van der Waals surface area contributed by atoms with E-state index in [-0.39, 0.29) is 5.91 Å². The molecule has 1 rings (SSSR count). The average Bonchev–Trinajstić information content (AvgIpc) is 2.13. The molecule has 0 aliphatic carbocycles. The maximum absolute atomic E-state index is 11.0. The zero-order valence-corrected chi connectivity index (χ0v) is 7.92. The molecule has 0 unspecified atom stereocenters. The van der Waals surface area contributed by atoms with E-state index in [0.29, 0.717) is 0 Å². The van der Waals surface area contributed by atoms with Crippen LogP contribution in [0.1, 0.15) is 11.1 Å². The summed E-state index contributed by atoms with van der Waals surface area (Å²) in [7, 11) is 0. The third kappa shape index (κ3) is 2.18. The Kier molecular flexibility index (Phi) is 2.85. The molecule has 0 saturated carbocycles. The van der Waals surface area contributed by atoms with Gasteiger partial charge in [0.2, 0.25) is 5.91 Å². The molecule has 1 aromatic carbocycles. The van der Waals surface area contributed by atoms with Crippen molar-refractivity contribution in [3.8, 4) is 0 Å². The van der Waals surface area contributed by atoms with Gasteiger partial charge < -0.3 is 5.32 Å². The first-order valence-corrected chi connectivity index (χ1v) is 4.15. The molecule has 0 aliphatic heterocycles. The van der Waals surface area contributed by atoms with E-state index in [1.165, 1.54) is 11.6 Å². The van der Waals surface area contributed by atoms with E-state index in [2.05, 4.69) is 11.9 Å². The van der Waals surface area contributed by atoms with Gasteiger partial charge in [-0.3, -0.25) is 4.79 Å². The number of rotatable bonds is 2. The third-order valence-corrected chi connectivity index (χ3v) is 2.05. The normalized spacial score (nSPS) is 9.38. The van der Waals surface area contributed by atoms with Crippen LogP contribution in [0.4, 0.5) is 5.69 Å². The van der Waals surface area contributed by atoms with Crippen LogP contribution >= 0.6 is 0 Å². The summed E-state index contributed by atoms with van der Waals surface area (Å²) in [4.78, 5) is 11.0. The van der Waals surface area contributed by atoms with Crippen LogP contribution in [0.2, 0.25) is 0 Å². The van der Waals surface area contributed by atoms with Crippen molar-refractivity contribution in [3.05, 3.63) is 42.0 Å². The summed E-state index contributed by atoms with van der Waals surface area (Å²) in [5.74, 6) is -0.172. The number of hydrogen-bond donors (Lipinski definition) is 1. The number of hydrogen-bond acceptors (Lipinski definition) is 1. The number of amides is 1. The van der Waals surface area contributed by atoms with E-state index >= 15 is 0 Å². The summed E-state index contributed by atoms with van der Waals surface area (Å²) in [5, 5.41) is 2.74. The summed E-state index contributed by atoms with van der Waals surface area (Å²) in [6, 6.07) is 5.81. The Balaban J connectivity index is 2.95. The highest BCUT2D eigenvalue weighted by molar-refractivity contribution is 5.99. The monoisotopic (exact) mass is 175 g/mol. The zero-order valence-electron chi connectivity index (χ0n) is 7.92. The molecular formula is C11H13NO. The first-order valence-electron chi connectivity index (χ1n) is 4.15. The van der Waals surface area contributed by atoms with Crippen molar-refractivity contribution >= 4 is 11.6 Å². The molecule has 1 amide bonds. The van der Waals surface area contributed by atoms with Gasteiger partial charge in [-0.1, -0.05) is 18.7 Å². The third-order valence-electron chi connectivity index (χ3n) is 2.05. The van der Waals surface area contributed by atoms with E-state index < -0.39 is 0 Å². The minimum absolute atomic E-state index is 0.172. The van der Waals surface area contributed by atoms with Gasteiger partial charge in [0.05, 0.1) is 0 Å². The van der Waals surface area contributed by atoms with Crippen molar-refractivity contribution in [3.63, 3.8) is 0 Å². The van der Waals surface area contributed by atoms with Crippen LogP contribution in [-0.2, 0) is 4.79 Å². The minimum atomic E-state index is -0.172. The van der Waals surface area contributed by atoms with Gasteiger partial charge >= 0.3 is 0 Å². The van der Waals surface area contributed by atoms with Gasteiger partial charge in [0.25, 0.3) is 0 Å². The Labute approximate surface area is 78.3 Å². The Morgan fingerprint density at radius 2 is 2.15 bits per heavy atom. The van der Waals surface area contributed by atoms with Crippen LogP contribution in [-0.4, -0.2) is 5.91 Å². The molecule has 0 aliphatic rings. The smallest absolute Gasteiger partial charge is 0.247 e. The van der Waals surface area contributed by atoms with Gasteiger partial charge in [-0.25, -0.2) is 0 Å². The minimum Gasteiger partial charge on any atom is -0.322 e. The molecule has 0 aromatic heterocycles. The van der Waals surface area contributed by atoms with Gasteiger partial charge in [0, 0.05) is 5.69 Å². The summed E-state index contributed by atoms with van der Waals surface area (Å²) >= 11 is 0. The molecule has 0 heterocycles. The second-order valence-electron chi connectivity index (χ2n) is 2.94. The van der Waals surface area contributed by atoms with Gasteiger partial charge in [0.15, 0.2) is 0 Å². The largest absolute Gasteiger partial charge is 0.322 e. The first-order chi connectivity index (χ1) is 6.15. The molecular weight excluding hydrogens is 162 g/mol. The van der Waals surface area contributed by atoms with Crippen LogP contribution in [0.5, 0.6) is 0 Å². The van der Waals surface area contributed by atoms with Crippen LogP contribution < -0.4 is 5.32 Å². The zero-order chi connectivity index (χ0) is 9.84. The highest BCUT2D eigenvalue weighted by Crippen LogP contribution is 2.17. The molecule has 2 nitrogen and oxygen atoms in total. The lowest BCUT2D eigenvalue weighted by atomic mass is 10.1. The quantitative estimate of drug-likeness (QED) is 0.687. The summed E-state index contributed by atoms with van der Waals surface area (Å²) in [5.41, 5.74) is 3.12. The molecule has 0 fully saturated rings. The Hall–Kier alpha value is -1.57. The molecule has 2 heteroatoms. The molecule has 13 heavy (non-hydrogen) atoms. The topological polar surface area (TPSA) is 29.1 Å². The van der Waals surface area contributed by atoms with E-state index in [0.717, 1.165) is 11.3 Å². The van der Waals surface area contributed by atoms with Crippen LogP contribution in [0.25, 0.3) is 0 Å². The van der Waals surface area contributed by atoms with E-state index in [1.807, 2.05) is 32.0 Å². The summed E-state index contributed by atoms with van der Waals surface area (Å²) < 4.78 is 0. The molecule has 1 N–H and O–H groups in total. The van der Waals surface area contributed by atoms with E-state index in [1.54, 1.807) is 0 Å². The number of benzene rings is 1. The van der Waals surface area contributed by atoms with Crippen LogP contribution in [0.3, 0.4) is 0 Å². The van der Waals surface area contributed by atoms with E-state index in [4.69, 9.17) is 0 Å². The molecule has 0 bridgehead atoms. The average molecular weight is 175 g/mol. The van der Waals surface area contributed by atoms with Crippen LogP contribution in [0, 0.1) is 13.8 Å². The first kappa shape index (κ1) is 9.52. The highest BCUT2D eigenvalue weighted by atomic mass is 16.1. The predicted octanol–water partition coefficient (Wildman–Crippen LogP) is 2.43. The number of aryl methyl sites for hydroxylation is 1. The molecule has 1 aromatic rings. The van der Waals surface area contributed by atoms with Crippen molar-refractivity contribution in [2.24, 2.45) is 0 Å². The van der Waals surface area contributed by atoms with Crippen molar-refractivity contribution in [2.45, 2.75) is 13.8 Å². The maximum Gasteiger partial charge on any atom is 0.247 e. The second kappa shape index (κ2) is 3.90. The van der Waals surface area contributed by atoms with Gasteiger partial charge in [-0.15, -0.1) is 0 Å². The Morgan fingerprint density at radius 3 is 2.77 bits per heavy atom. The predicted molar refractivity (Wildman–Crippen MR) is 54.7 cm³/mol. The van der Waals surface area contributed by atoms with Crippen molar-refractivity contribution in [1.29, 1.82) is 0 Å². The fourth-order valence-electron chi connectivity index (χ4n) is 1.07. The van der Waals surface area contributed by atoms with Gasteiger partial charge in [-0.2, -0.15) is 0 Å². The van der Waals surface area contributed by atoms with Crippen molar-refractivity contribution < 1.29 is 4.79 Å². The Bertz CT molecular complexity index is 342. The molecule has 68 valence electrons. The van der Waals surface area contributed by atoms with Crippen molar-refractivity contribution in [1.82, 2.24) is 0 Å². The molecule has 0 atom stereocenters. The number of carbonyl (C=O) groups is 1. The van der Waals surface area contributed by atoms with Gasteiger partial charge in [0.1, 0.15) is 0 Å². The molecule has 0 spiro atoms. The molecule has 0 saturated heterocycles. The van der Waals surface area contributed by atoms with Crippen LogP contribution in [0.15, 0.2) is 30.9 Å². The van der Waals surface area contributed by atoms with Crippen molar-refractivity contribution in [2.75, 3.05) is 5.32 Å². The lowest BCUT2D eigenvalue weighted by molar-refractivity contribution is -0.111. The van der Waals surface area contributed by atoms with E-state index in [9.17, 15) is 4.79 Å². The summed E-state index contributed by atoms with van der Waals surface area (Å²) in [6.45, 7) is 7.39. The SMILES string of the molecule is C=CC(=O)Nc1cccc(C)c1C. The fourth-order valence-corrected chi connectivity index (χ4v) is 1.07. The highest BCUT2D eigenvalue weighted by Gasteiger charge is 2.01. The van der Waals surface area contributed by atoms with Gasteiger partial charge in [-0.05, 0) is 37.1 Å². The maximum atomic E-state index is 11.0. The number of carbonyl (C=O) groups excluding carboxylic acids is 1. The number of anilines is 1. The molecule has 0 radical (unpaired) electrons.